The molecule has 0 spiro atoms. The van der Waals surface area contributed by atoms with Crippen molar-refractivity contribution in [3.8, 4) is 0 Å². The van der Waals surface area contributed by atoms with E-state index >= 15 is 0 Å². The largest absolute Gasteiger partial charge is 0.439 e. The fraction of sp³-hybridized carbons (Fsp3) is 0.258. The Morgan fingerprint density at radius 3 is 2.65 bits per heavy atom. The summed E-state index contributed by atoms with van der Waals surface area (Å²) < 4.78 is 7.21. The lowest BCUT2D eigenvalue weighted by molar-refractivity contribution is 0.385. The molecule has 6 rings (SSSR count). The molecule has 1 N–H and O–H groups in total. The monoisotopic (exact) mass is 490 g/mol. The number of rotatable bonds is 5. The number of aryl methyl sites for hydroxylation is 4. The minimum Gasteiger partial charge on any atom is -0.323 e. The van der Waals surface area contributed by atoms with Crippen molar-refractivity contribution in [2.75, 3.05) is 0 Å². The maximum atomic E-state index is 11.7. The van der Waals surface area contributed by atoms with Crippen LogP contribution in [0.3, 0.4) is 0 Å². The van der Waals surface area contributed by atoms with Gasteiger partial charge in [0, 0.05) is 18.5 Å². The van der Waals surface area contributed by atoms with Crippen molar-refractivity contribution in [1.82, 2.24) is 19.7 Å². The van der Waals surface area contributed by atoms with Crippen LogP contribution in [0.4, 0.5) is 0 Å². The van der Waals surface area contributed by atoms with Crippen LogP contribution in [0, 0.1) is 6.92 Å². The van der Waals surface area contributed by atoms with Gasteiger partial charge >= 0.3 is 5.76 Å². The van der Waals surface area contributed by atoms with Gasteiger partial charge in [-0.2, -0.15) is 0 Å². The maximum Gasteiger partial charge on any atom is 0.439 e. The molecular weight excluding hydrogens is 460 g/mol. The van der Waals surface area contributed by atoms with Gasteiger partial charge in [-0.05, 0) is 78.1 Å². The van der Waals surface area contributed by atoms with Crippen LogP contribution in [0.5, 0.6) is 0 Å². The number of aromatic amines is 1. The number of aromatic nitrogens is 4. The predicted octanol–water partition coefficient (Wildman–Crippen LogP) is 6.10. The van der Waals surface area contributed by atoms with Gasteiger partial charge in [0.2, 0.25) is 0 Å². The summed E-state index contributed by atoms with van der Waals surface area (Å²) in [5, 5.41) is 3.99. The zero-order valence-corrected chi connectivity index (χ0v) is 21.5. The summed E-state index contributed by atoms with van der Waals surface area (Å²) in [6, 6.07) is 21.7. The number of hydrogen-bond donors (Lipinski definition) is 1. The molecule has 5 aromatic rings. The van der Waals surface area contributed by atoms with Crippen molar-refractivity contribution < 1.29 is 4.52 Å². The molecule has 0 bridgehead atoms. The number of benzene rings is 3. The third kappa shape index (κ3) is 4.12. The molecule has 0 saturated heterocycles. The van der Waals surface area contributed by atoms with E-state index in [9.17, 15) is 4.79 Å². The molecule has 1 aliphatic rings. The van der Waals surface area contributed by atoms with Gasteiger partial charge in [-0.25, -0.2) is 9.78 Å². The second-order valence-electron chi connectivity index (χ2n) is 9.90. The van der Waals surface area contributed by atoms with Crippen molar-refractivity contribution in [2.45, 2.75) is 53.0 Å². The van der Waals surface area contributed by atoms with Crippen LogP contribution in [0.25, 0.3) is 22.2 Å². The second kappa shape index (κ2) is 9.36. The molecule has 2 heterocycles. The van der Waals surface area contributed by atoms with Gasteiger partial charge in [0.25, 0.3) is 0 Å². The Bertz CT molecular complexity index is 1720. The fourth-order valence-electron chi connectivity index (χ4n) is 5.62. The lowest BCUT2D eigenvalue weighted by atomic mass is 9.89. The first-order valence-corrected chi connectivity index (χ1v) is 13.0. The van der Waals surface area contributed by atoms with Crippen molar-refractivity contribution in [3.05, 3.63) is 116 Å². The highest BCUT2D eigenvalue weighted by atomic mass is 16.5. The minimum atomic E-state index is -0.543. The first-order chi connectivity index (χ1) is 18.0. The minimum absolute atomic E-state index is 0.469. The number of imidazole rings is 1. The van der Waals surface area contributed by atoms with Gasteiger partial charge in [0.05, 0.1) is 11.0 Å². The van der Waals surface area contributed by atoms with Crippen LogP contribution >= 0.6 is 0 Å². The molecule has 37 heavy (non-hydrogen) atoms. The molecule has 0 radical (unpaired) electrons. The number of H-pyrrole nitrogens is 1. The second-order valence-corrected chi connectivity index (χ2v) is 9.90. The summed E-state index contributed by atoms with van der Waals surface area (Å²) in [4.78, 5) is 19.4. The third-order valence-electron chi connectivity index (χ3n) is 7.43. The molecule has 0 atom stereocenters. The average molecular weight is 491 g/mol. The number of fused-ring (bicyclic) bond motifs is 3. The van der Waals surface area contributed by atoms with E-state index in [4.69, 9.17) is 9.51 Å². The number of nitrogens with one attached hydrogen (secondary N) is 1. The van der Waals surface area contributed by atoms with E-state index in [1.807, 2.05) is 6.92 Å². The maximum absolute atomic E-state index is 11.7. The zero-order chi connectivity index (χ0) is 25.5. The van der Waals surface area contributed by atoms with Gasteiger partial charge in [-0.1, -0.05) is 66.7 Å². The Labute approximate surface area is 215 Å². The molecule has 3 aromatic carbocycles. The van der Waals surface area contributed by atoms with E-state index < -0.39 is 5.76 Å². The molecule has 1 aliphatic carbocycles. The summed E-state index contributed by atoms with van der Waals surface area (Å²) in [6.45, 7) is 7.12. The van der Waals surface area contributed by atoms with Crippen LogP contribution in [0.15, 0.2) is 70.0 Å². The lowest BCUT2D eigenvalue weighted by Gasteiger charge is -2.16. The Balaban J connectivity index is 1.48. The third-order valence-corrected chi connectivity index (χ3v) is 7.43. The first kappa shape index (κ1) is 23.2. The molecule has 6 heteroatoms. The van der Waals surface area contributed by atoms with E-state index in [0.717, 1.165) is 54.7 Å². The highest BCUT2D eigenvalue weighted by Crippen LogP contribution is 2.38. The zero-order valence-electron chi connectivity index (χ0n) is 21.5. The van der Waals surface area contributed by atoms with Crippen LogP contribution in [0.2, 0.25) is 0 Å². The van der Waals surface area contributed by atoms with Crippen LogP contribution in [0.1, 0.15) is 65.3 Å². The lowest BCUT2D eigenvalue weighted by Crippen LogP contribution is -2.06. The van der Waals surface area contributed by atoms with Crippen molar-refractivity contribution in [3.63, 3.8) is 0 Å². The number of nitrogens with zero attached hydrogens (tertiary/aromatic N) is 3. The molecule has 0 amide bonds. The molecule has 186 valence electrons. The van der Waals surface area contributed by atoms with Gasteiger partial charge in [-0.15, -0.1) is 0 Å². The number of hydrogen-bond acceptors (Lipinski definition) is 4. The van der Waals surface area contributed by atoms with Crippen LogP contribution < -0.4 is 5.76 Å². The molecule has 0 saturated carbocycles. The SMILES string of the molecule is CCCc1nc2c(C)cccc2n1Cc1ccc2c(c1)CCc1ccccc1/C2=C(\C)c1noc(=O)[nH]1. The molecule has 2 aromatic heterocycles. The van der Waals surface area contributed by atoms with Crippen molar-refractivity contribution in [2.24, 2.45) is 0 Å². The van der Waals surface area contributed by atoms with Crippen molar-refractivity contribution >= 4 is 22.2 Å². The predicted molar refractivity (Wildman–Crippen MR) is 147 cm³/mol. The van der Waals surface area contributed by atoms with E-state index in [0.29, 0.717) is 5.82 Å². The van der Waals surface area contributed by atoms with Gasteiger partial charge < -0.3 is 4.57 Å². The summed E-state index contributed by atoms with van der Waals surface area (Å²) in [5.41, 5.74) is 11.7. The standard InChI is InChI=1S/C31H30N4O2/c1-4-8-27-32-29-19(2)9-7-12-26(29)35(27)18-21-13-16-25-23(17-21)15-14-22-10-5-6-11-24(22)28(25)20(3)30-33-31(36)37-34-30/h5-7,9-13,16-17H,4,8,14-15,18H2,1-3H3,(H,33,34,36)/b28-20-. The summed E-state index contributed by atoms with van der Waals surface area (Å²) in [7, 11) is 0. The van der Waals surface area contributed by atoms with E-state index in [1.165, 1.54) is 38.9 Å². The fourth-order valence-corrected chi connectivity index (χ4v) is 5.62. The van der Waals surface area contributed by atoms with E-state index in [-0.39, 0.29) is 0 Å². The molecule has 6 nitrogen and oxygen atoms in total. The normalized spacial score (nSPS) is 14.4. The summed E-state index contributed by atoms with van der Waals surface area (Å²) >= 11 is 0. The quantitative estimate of drug-likeness (QED) is 0.323. The van der Waals surface area contributed by atoms with Gasteiger partial charge in [0.1, 0.15) is 5.82 Å². The number of para-hydroxylation sites is 1. The average Bonchev–Trinajstić information content (AvgIpc) is 3.44. The smallest absolute Gasteiger partial charge is 0.323 e. The Kier molecular flexibility index (Phi) is 5.87. The Hall–Kier alpha value is -4.19. The topological polar surface area (TPSA) is 76.7 Å². The van der Waals surface area contributed by atoms with Gasteiger partial charge in [0.15, 0.2) is 5.82 Å². The molecule has 0 unspecified atom stereocenters. The van der Waals surface area contributed by atoms with Crippen LogP contribution in [-0.2, 0) is 25.8 Å². The van der Waals surface area contributed by atoms with Gasteiger partial charge in [-0.3, -0.25) is 9.51 Å². The van der Waals surface area contributed by atoms with E-state index in [2.05, 4.69) is 89.2 Å². The highest BCUT2D eigenvalue weighted by Gasteiger charge is 2.22. The molecule has 0 fully saturated rings. The molecular formula is C31H30N4O2. The van der Waals surface area contributed by atoms with Crippen LogP contribution in [-0.4, -0.2) is 19.7 Å². The summed E-state index contributed by atoms with van der Waals surface area (Å²) in [6.07, 6.45) is 3.91. The van der Waals surface area contributed by atoms with E-state index in [1.54, 1.807) is 0 Å². The summed E-state index contributed by atoms with van der Waals surface area (Å²) in [5.74, 6) is 1.06. The molecule has 0 aliphatic heterocycles. The first-order valence-electron chi connectivity index (χ1n) is 13.0. The Morgan fingerprint density at radius 2 is 1.84 bits per heavy atom. The highest BCUT2D eigenvalue weighted by molar-refractivity contribution is 5.98. The van der Waals surface area contributed by atoms with Crippen molar-refractivity contribution in [1.29, 1.82) is 0 Å². The number of allylic oxidation sites excluding steroid dienone is 1. The Morgan fingerprint density at radius 1 is 1.03 bits per heavy atom.